The highest BCUT2D eigenvalue weighted by Gasteiger charge is 2.17. The first-order chi connectivity index (χ1) is 14.2. The van der Waals surface area contributed by atoms with Crippen LogP contribution in [-0.2, 0) is 12.8 Å². The van der Waals surface area contributed by atoms with Crippen LogP contribution in [0.25, 0.3) is 10.9 Å². The fraction of sp³-hybridized carbons (Fsp3) is 0.400. The smallest absolute Gasteiger partial charge is 0.179 e. The van der Waals surface area contributed by atoms with Gasteiger partial charge in [-0.2, -0.15) is 0 Å². The number of carbonyl (C=O) groups is 1. The monoisotopic (exact) mass is 408 g/mol. The molecule has 0 amide bonds. The molecule has 1 saturated heterocycles. The van der Waals surface area contributed by atoms with Crippen molar-refractivity contribution in [2.75, 3.05) is 18.0 Å². The maximum absolute atomic E-state index is 12.9. The van der Waals surface area contributed by atoms with Gasteiger partial charge in [0, 0.05) is 41.1 Å². The molecule has 1 aliphatic rings. The Morgan fingerprint density at radius 2 is 1.83 bits per heavy atom. The second-order valence-electron chi connectivity index (χ2n) is 8.01. The van der Waals surface area contributed by atoms with E-state index in [-0.39, 0.29) is 5.78 Å². The zero-order chi connectivity index (χ0) is 20.2. The molecule has 29 heavy (non-hydrogen) atoms. The minimum absolute atomic E-state index is 0.194. The molecule has 0 saturated carbocycles. The Kier molecular flexibility index (Phi) is 6.25. The van der Waals surface area contributed by atoms with Crippen LogP contribution in [0.1, 0.15) is 60.6 Å². The number of nitrogens with one attached hydrogen (secondary N) is 1. The number of fused-ring (bicyclic) bond motifs is 1. The van der Waals surface area contributed by atoms with Gasteiger partial charge in [-0.05, 0) is 80.0 Å². The Bertz CT molecular complexity index is 984. The largest absolute Gasteiger partial charge is 0.372 e. The standard InChI is InChI=1S/C25H29ClN2O/c1-2-21-22-17-19(26)11-14-23(22)27-25(21)24(29)8-6-7-18-9-12-20(13-10-18)28-15-4-3-5-16-28/h9-14,17,27H,2-8,15-16H2,1H3. The minimum atomic E-state index is 0.194. The van der Waals surface area contributed by atoms with E-state index in [0.717, 1.165) is 41.4 Å². The molecular weight excluding hydrogens is 380 g/mol. The van der Waals surface area contributed by atoms with Gasteiger partial charge in [-0.3, -0.25) is 4.79 Å². The fourth-order valence-corrected chi connectivity index (χ4v) is 4.60. The maximum atomic E-state index is 12.9. The second-order valence-corrected chi connectivity index (χ2v) is 8.45. The molecule has 1 fully saturated rings. The van der Waals surface area contributed by atoms with Crippen molar-refractivity contribution >= 4 is 34.0 Å². The predicted octanol–water partition coefficient (Wildman–Crippen LogP) is 6.58. The van der Waals surface area contributed by atoms with E-state index in [0.29, 0.717) is 11.4 Å². The number of halogens is 1. The molecule has 1 aromatic heterocycles. The lowest BCUT2D eigenvalue weighted by Crippen LogP contribution is -2.29. The molecule has 3 nitrogen and oxygen atoms in total. The Labute approximate surface area is 178 Å². The normalized spacial score (nSPS) is 14.5. The number of benzene rings is 2. The maximum Gasteiger partial charge on any atom is 0.179 e. The van der Waals surface area contributed by atoms with Gasteiger partial charge in [-0.25, -0.2) is 0 Å². The predicted molar refractivity (Wildman–Crippen MR) is 122 cm³/mol. The lowest BCUT2D eigenvalue weighted by Gasteiger charge is -2.28. The summed E-state index contributed by atoms with van der Waals surface area (Å²) in [6.07, 6.45) is 7.11. The van der Waals surface area contributed by atoms with Gasteiger partial charge < -0.3 is 9.88 Å². The quantitative estimate of drug-likeness (QED) is 0.448. The molecule has 2 aromatic carbocycles. The molecule has 4 heteroatoms. The first-order valence-electron chi connectivity index (χ1n) is 10.8. The number of anilines is 1. The number of hydrogen-bond acceptors (Lipinski definition) is 2. The van der Waals surface area contributed by atoms with Crippen molar-refractivity contribution < 1.29 is 4.79 Å². The lowest BCUT2D eigenvalue weighted by molar-refractivity contribution is 0.0975. The molecule has 4 rings (SSSR count). The third-order valence-electron chi connectivity index (χ3n) is 6.03. The third-order valence-corrected chi connectivity index (χ3v) is 6.26. The van der Waals surface area contributed by atoms with Crippen LogP contribution in [0, 0.1) is 0 Å². The number of rotatable bonds is 7. The van der Waals surface area contributed by atoms with Gasteiger partial charge in [0.05, 0.1) is 5.69 Å². The Morgan fingerprint density at radius 1 is 1.07 bits per heavy atom. The van der Waals surface area contributed by atoms with Crippen LogP contribution in [0.2, 0.25) is 5.02 Å². The third kappa shape index (κ3) is 4.51. The molecule has 0 spiro atoms. The van der Waals surface area contributed by atoms with E-state index in [1.165, 1.54) is 43.6 Å². The molecule has 0 bridgehead atoms. The van der Waals surface area contributed by atoms with Crippen LogP contribution in [0.15, 0.2) is 42.5 Å². The van der Waals surface area contributed by atoms with Gasteiger partial charge in [-0.1, -0.05) is 30.7 Å². The minimum Gasteiger partial charge on any atom is -0.372 e. The van der Waals surface area contributed by atoms with Crippen molar-refractivity contribution in [2.45, 2.75) is 51.9 Å². The van der Waals surface area contributed by atoms with Crippen LogP contribution < -0.4 is 4.90 Å². The number of aryl methyl sites for hydroxylation is 2. The highest BCUT2D eigenvalue weighted by atomic mass is 35.5. The summed E-state index contributed by atoms with van der Waals surface area (Å²) < 4.78 is 0. The molecule has 152 valence electrons. The summed E-state index contributed by atoms with van der Waals surface area (Å²) in [6, 6.07) is 14.7. The number of carbonyl (C=O) groups excluding carboxylic acids is 1. The number of piperidine rings is 1. The number of Topliss-reactive ketones (excluding diaryl/α,β-unsaturated/α-hetero) is 1. The first-order valence-corrected chi connectivity index (χ1v) is 11.2. The van der Waals surface area contributed by atoms with Crippen molar-refractivity contribution in [1.82, 2.24) is 4.98 Å². The van der Waals surface area contributed by atoms with E-state index in [4.69, 9.17) is 11.6 Å². The lowest BCUT2D eigenvalue weighted by atomic mass is 10.0. The first kappa shape index (κ1) is 20.0. The summed E-state index contributed by atoms with van der Waals surface area (Å²) in [5.74, 6) is 0.194. The van der Waals surface area contributed by atoms with Gasteiger partial charge in [0.25, 0.3) is 0 Å². The number of aromatic amines is 1. The van der Waals surface area contributed by atoms with Gasteiger partial charge in [0.15, 0.2) is 5.78 Å². The van der Waals surface area contributed by atoms with Crippen molar-refractivity contribution in [3.8, 4) is 0 Å². The van der Waals surface area contributed by atoms with Crippen molar-refractivity contribution in [2.24, 2.45) is 0 Å². The van der Waals surface area contributed by atoms with E-state index < -0.39 is 0 Å². The molecule has 0 unspecified atom stereocenters. The van der Waals surface area contributed by atoms with Gasteiger partial charge in [0.2, 0.25) is 0 Å². The van der Waals surface area contributed by atoms with E-state index in [2.05, 4.69) is 41.1 Å². The number of H-pyrrole nitrogens is 1. The van der Waals surface area contributed by atoms with Gasteiger partial charge >= 0.3 is 0 Å². The molecule has 1 aliphatic heterocycles. The molecular formula is C25H29ClN2O. The molecule has 2 heterocycles. The number of hydrogen-bond donors (Lipinski definition) is 1. The number of nitrogens with zero attached hydrogens (tertiary/aromatic N) is 1. The zero-order valence-corrected chi connectivity index (χ0v) is 17.9. The summed E-state index contributed by atoms with van der Waals surface area (Å²) >= 11 is 6.15. The zero-order valence-electron chi connectivity index (χ0n) is 17.1. The Morgan fingerprint density at radius 3 is 2.55 bits per heavy atom. The summed E-state index contributed by atoms with van der Waals surface area (Å²) in [5.41, 5.74) is 5.46. The van der Waals surface area contributed by atoms with E-state index >= 15 is 0 Å². The fourth-order valence-electron chi connectivity index (χ4n) is 4.43. The summed E-state index contributed by atoms with van der Waals surface area (Å²) in [6.45, 7) is 4.43. The molecule has 3 aromatic rings. The van der Waals surface area contributed by atoms with Crippen molar-refractivity contribution in [3.63, 3.8) is 0 Å². The molecule has 1 N–H and O–H groups in total. The van der Waals surface area contributed by atoms with Crippen LogP contribution in [-0.4, -0.2) is 23.9 Å². The highest BCUT2D eigenvalue weighted by Crippen LogP contribution is 2.27. The summed E-state index contributed by atoms with van der Waals surface area (Å²) in [7, 11) is 0. The van der Waals surface area contributed by atoms with Crippen LogP contribution >= 0.6 is 11.6 Å². The van der Waals surface area contributed by atoms with E-state index in [9.17, 15) is 4.79 Å². The summed E-state index contributed by atoms with van der Waals surface area (Å²) in [4.78, 5) is 18.7. The highest BCUT2D eigenvalue weighted by molar-refractivity contribution is 6.31. The van der Waals surface area contributed by atoms with Gasteiger partial charge in [0.1, 0.15) is 0 Å². The Hall–Kier alpha value is -2.26. The number of ketones is 1. The van der Waals surface area contributed by atoms with Crippen molar-refractivity contribution in [1.29, 1.82) is 0 Å². The SMILES string of the molecule is CCc1c(C(=O)CCCc2ccc(N3CCCCC3)cc2)[nH]c2ccc(Cl)cc12. The average Bonchev–Trinajstić information content (AvgIpc) is 3.12. The van der Waals surface area contributed by atoms with E-state index in [1.54, 1.807) is 0 Å². The Balaban J connectivity index is 1.37. The second kappa shape index (κ2) is 9.04. The van der Waals surface area contributed by atoms with Gasteiger partial charge in [-0.15, -0.1) is 0 Å². The summed E-state index contributed by atoms with van der Waals surface area (Å²) in [5, 5.41) is 1.77. The van der Waals surface area contributed by atoms with Crippen LogP contribution in [0.5, 0.6) is 0 Å². The van der Waals surface area contributed by atoms with Crippen LogP contribution in [0.4, 0.5) is 5.69 Å². The topological polar surface area (TPSA) is 36.1 Å². The molecule has 0 radical (unpaired) electrons. The average molecular weight is 409 g/mol. The van der Waals surface area contributed by atoms with E-state index in [1.807, 2.05) is 18.2 Å². The van der Waals surface area contributed by atoms with Crippen LogP contribution in [0.3, 0.4) is 0 Å². The molecule has 0 aliphatic carbocycles. The molecule has 0 atom stereocenters. The number of aromatic nitrogens is 1. The van der Waals surface area contributed by atoms with Crippen molar-refractivity contribution in [3.05, 3.63) is 64.3 Å².